The van der Waals surface area contributed by atoms with Crippen LogP contribution in [0.15, 0.2) is 0 Å². The van der Waals surface area contributed by atoms with Crippen LogP contribution in [0.2, 0.25) is 0 Å². The Bertz CT molecular complexity index is 196. The Balaban J connectivity index is 4.06. The molecule has 0 spiro atoms. The summed E-state index contributed by atoms with van der Waals surface area (Å²) in [5.41, 5.74) is 0. The van der Waals surface area contributed by atoms with Gasteiger partial charge in [-0.15, -0.1) is 0 Å². The van der Waals surface area contributed by atoms with Gasteiger partial charge in [0.1, 0.15) is 6.54 Å². The molecule has 0 aliphatic rings. The summed E-state index contributed by atoms with van der Waals surface area (Å²) in [6.45, 7) is 0.425. The summed E-state index contributed by atoms with van der Waals surface area (Å²) < 4.78 is 35.2. The lowest BCUT2D eigenvalue weighted by molar-refractivity contribution is -0.140. The number of hydrogen-bond acceptors (Lipinski definition) is 1. The molecule has 0 saturated carbocycles. The van der Waals surface area contributed by atoms with E-state index in [4.69, 9.17) is 0 Å². The second-order valence-corrected chi connectivity index (χ2v) is 4.86. The number of alkyl halides is 5. The first-order valence-corrected chi connectivity index (χ1v) is 5.86. The third-order valence-corrected chi connectivity index (χ3v) is 2.86. The van der Waals surface area contributed by atoms with Crippen molar-refractivity contribution in [3.05, 3.63) is 0 Å². The summed E-state index contributed by atoms with van der Waals surface area (Å²) in [5, 5.41) is 2.15. The zero-order valence-corrected chi connectivity index (χ0v) is 10.5. The lowest BCUT2D eigenvalue weighted by Gasteiger charge is -2.17. The monoisotopic (exact) mass is 339 g/mol. The highest BCUT2D eigenvalue weighted by Gasteiger charge is 2.30. The molecule has 0 aromatic rings. The summed E-state index contributed by atoms with van der Waals surface area (Å²) in [5.74, 6) is -1.11. The molecule has 0 radical (unpaired) electrons. The minimum Gasteiger partial charge on any atom is -0.347 e. The van der Waals surface area contributed by atoms with E-state index in [1.54, 1.807) is 6.92 Å². The van der Waals surface area contributed by atoms with Crippen molar-refractivity contribution in [1.82, 2.24) is 5.32 Å². The zero-order valence-electron chi connectivity index (χ0n) is 7.37. The molecular formula is C7H10Br2F3NO. The predicted octanol–water partition coefficient (Wildman–Crippen LogP) is 2.46. The summed E-state index contributed by atoms with van der Waals surface area (Å²) >= 11 is 6.22. The van der Waals surface area contributed by atoms with E-state index in [2.05, 4.69) is 31.9 Å². The topological polar surface area (TPSA) is 29.1 Å². The van der Waals surface area contributed by atoms with Crippen LogP contribution in [0.25, 0.3) is 0 Å². The Hall–Kier alpha value is 0.220. The van der Waals surface area contributed by atoms with Crippen LogP contribution in [0.5, 0.6) is 0 Å². The van der Waals surface area contributed by atoms with Gasteiger partial charge in [0.25, 0.3) is 0 Å². The van der Waals surface area contributed by atoms with E-state index in [0.29, 0.717) is 5.33 Å². The maximum atomic E-state index is 11.7. The molecule has 2 nitrogen and oxygen atoms in total. The number of carbonyl (C=O) groups excluding carboxylic acids is 1. The summed E-state index contributed by atoms with van der Waals surface area (Å²) in [6, 6.07) is 0. The lowest BCUT2D eigenvalue weighted by Crippen LogP contribution is -2.40. The van der Waals surface area contributed by atoms with Crippen molar-refractivity contribution in [3.63, 3.8) is 0 Å². The Morgan fingerprint density at radius 1 is 1.50 bits per heavy atom. The van der Waals surface area contributed by atoms with E-state index in [1.165, 1.54) is 0 Å². The van der Waals surface area contributed by atoms with Gasteiger partial charge in [0.15, 0.2) is 0 Å². The molecule has 0 saturated heterocycles. The van der Waals surface area contributed by atoms with Crippen molar-refractivity contribution in [3.8, 4) is 0 Å². The number of rotatable bonds is 4. The molecule has 0 heterocycles. The van der Waals surface area contributed by atoms with Gasteiger partial charge >= 0.3 is 6.18 Å². The maximum absolute atomic E-state index is 11.7. The van der Waals surface area contributed by atoms with Gasteiger partial charge in [-0.3, -0.25) is 4.79 Å². The van der Waals surface area contributed by atoms with Crippen molar-refractivity contribution < 1.29 is 18.0 Å². The van der Waals surface area contributed by atoms with Crippen LogP contribution in [0.3, 0.4) is 0 Å². The van der Waals surface area contributed by atoms with E-state index in [1.807, 2.05) is 5.32 Å². The van der Waals surface area contributed by atoms with E-state index in [-0.39, 0.29) is 4.83 Å². The van der Waals surface area contributed by atoms with E-state index < -0.39 is 24.5 Å². The smallest absolute Gasteiger partial charge is 0.347 e. The molecular weight excluding hydrogens is 331 g/mol. The Labute approximate surface area is 96.9 Å². The molecule has 0 aromatic carbocycles. The van der Waals surface area contributed by atoms with Gasteiger partial charge in [-0.1, -0.05) is 38.8 Å². The number of nitrogens with one attached hydrogen (secondary N) is 1. The molecule has 0 aliphatic heterocycles. The van der Waals surface area contributed by atoms with E-state index >= 15 is 0 Å². The highest BCUT2D eigenvalue weighted by atomic mass is 79.9. The first-order chi connectivity index (χ1) is 6.28. The Morgan fingerprint density at radius 3 is 2.29 bits per heavy atom. The third-order valence-electron chi connectivity index (χ3n) is 1.52. The number of carbonyl (C=O) groups is 1. The minimum absolute atomic E-state index is 0.171. The van der Waals surface area contributed by atoms with Gasteiger partial charge in [0.2, 0.25) is 5.91 Å². The highest BCUT2D eigenvalue weighted by Crippen LogP contribution is 2.17. The normalized spacial score (nSPS) is 16.1. The SMILES string of the molecule is CC(Br)C(CBr)C(=O)NCC(F)(F)F. The highest BCUT2D eigenvalue weighted by molar-refractivity contribution is 9.10. The average molecular weight is 341 g/mol. The van der Waals surface area contributed by atoms with Crippen LogP contribution < -0.4 is 5.32 Å². The molecule has 7 heteroatoms. The molecule has 0 aromatic heterocycles. The molecule has 2 atom stereocenters. The molecule has 0 fully saturated rings. The van der Waals surface area contributed by atoms with Crippen LogP contribution in [0.1, 0.15) is 6.92 Å². The van der Waals surface area contributed by atoms with Crippen molar-refractivity contribution in [2.45, 2.75) is 17.9 Å². The first kappa shape index (κ1) is 14.2. The molecule has 14 heavy (non-hydrogen) atoms. The fourth-order valence-electron chi connectivity index (χ4n) is 0.720. The average Bonchev–Trinajstić information content (AvgIpc) is 2.00. The zero-order chi connectivity index (χ0) is 11.4. The quantitative estimate of drug-likeness (QED) is 0.783. The van der Waals surface area contributed by atoms with Crippen LogP contribution in [-0.2, 0) is 4.79 Å². The van der Waals surface area contributed by atoms with Crippen molar-refractivity contribution in [1.29, 1.82) is 0 Å². The second kappa shape index (κ2) is 5.95. The lowest BCUT2D eigenvalue weighted by atomic mass is 10.1. The number of halogens is 5. The maximum Gasteiger partial charge on any atom is 0.405 e. The molecule has 1 N–H and O–H groups in total. The minimum atomic E-state index is -4.36. The fraction of sp³-hybridized carbons (Fsp3) is 0.857. The van der Waals surface area contributed by atoms with E-state index in [0.717, 1.165) is 0 Å². The number of amides is 1. The molecule has 2 unspecified atom stereocenters. The van der Waals surface area contributed by atoms with Crippen LogP contribution >= 0.6 is 31.9 Å². The van der Waals surface area contributed by atoms with Crippen molar-refractivity contribution in [2.24, 2.45) is 5.92 Å². The molecule has 0 rings (SSSR count). The van der Waals surface area contributed by atoms with Crippen LogP contribution in [-0.4, -0.2) is 28.8 Å². The summed E-state index contributed by atoms with van der Waals surface area (Å²) in [4.78, 5) is 11.0. The van der Waals surface area contributed by atoms with Gasteiger partial charge < -0.3 is 5.32 Å². The number of hydrogen-bond donors (Lipinski definition) is 1. The van der Waals surface area contributed by atoms with Gasteiger partial charge in [-0.25, -0.2) is 0 Å². The predicted molar refractivity (Wildman–Crippen MR) is 54.7 cm³/mol. The van der Waals surface area contributed by atoms with Gasteiger partial charge in [0.05, 0.1) is 5.92 Å². The Kier molecular flexibility index (Phi) is 6.04. The van der Waals surface area contributed by atoms with Gasteiger partial charge in [-0.2, -0.15) is 13.2 Å². The first-order valence-electron chi connectivity index (χ1n) is 3.82. The van der Waals surface area contributed by atoms with Crippen LogP contribution in [0, 0.1) is 5.92 Å². The standard InChI is InChI=1S/C7H10Br2F3NO/c1-4(9)5(2-8)6(14)13-3-7(10,11)12/h4-5H,2-3H2,1H3,(H,13,14). The van der Waals surface area contributed by atoms with Gasteiger partial charge in [0, 0.05) is 10.2 Å². The third kappa shape index (κ3) is 5.85. The van der Waals surface area contributed by atoms with Crippen molar-refractivity contribution in [2.75, 3.05) is 11.9 Å². The Morgan fingerprint density at radius 2 is 2.00 bits per heavy atom. The molecule has 0 bridgehead atoms. The summed E-state index contributed by atoms with van der Waals surface area (Å²) in [6.07, 6.45) is -4.36. The fourth-order valence-corrected chi connectivity index (χ4v) is 2.50. The largest absolute Gasteiger partial charge is 0.405 e. The van der Waals surface area contributed by atoms with Gasteiger partial charge in [-0.05, 0) is 0 Å². The van der Waals surface area contributed by atoms with Crippen LogP contribution in [0.4, 0.5) is 13.2 Å². The molecule has 84 valence electrons. The molecule has 1 amide bonds. The van der Waals surface area contributed by atoms with Crippen molar-refractivity contribution >= 4 is 37.8 Å². The molecule has 0 aliphatic carbocycles. The summed E-state index contributed by atoms with van der Waals surface area (Å²) in [7, 11) is 0. The van der Waals surface area contributed by atoms with E-state index in [9.17, 15) is 18.0 Å². The second-order valence-electron chi connectivity index (χ2n) is 2.77.